The van der Waals surface area contributed by atoms with Gasteiger partial charge in [-0.15, -0.1) is 0 Å². The summed E-state index contributed by atoms with van der Waals surface area (Å²) in [6.07, 6.45) is 0. The number of rotatable bonds is 2. The predicted molar refractivity (Wildman–Crippen MR) is 51.4 cm³/mol. The van der Waals surface area contributed by atoms with Gasteiger partial charge in [-0.2, -0.15) is 0 Å². The molecule has 0 aromatic heterocycles. The molecule has 0 aliphatic heterocycles. The van der Waals surface area contributed by atoms with Crippen LogP contribution >= 0.6 is 22.3 Å². The first-order valence-electron chi connectivity index (χ1n) is 3.41. The second-order valence-corrected chi connectivity index (χ2v) is 5.39. The smallest absolute Gasteiger partial charge is 0.338 e. The SMILES string of the molecule is O=C(O)c1ccc(Cl)c(S(=O)(=O)Cl)c1F. The van der Waals surface area contributed by atoms with Crippen LogP contribution in [0.4, 0.5) is 4.39 Å². The third kappa shape index (κ3) is 2.39. The van der Waals surface area contributed by atoms with Crippen LogP contribution in [0.25, 0.3) is 0 Å². The molecule has 1 aromatic rings. The van der Waals surface area contributed by atoms with E-state index in [2.05, 4.69) is 0 Å². The Bertz CT molecular complexity index is 526. The summed E-state index contributed by atoms with van der Waals surface area (Å²) in [6, 6.07) is 1.80. The predicted octanol–water partition coefficient (Wildman–Crippen LogP) is 2.10. The van der Waals surface area contributed by atoms with Crippen molar-refractivity contribution >= 4 is 37.3 Å². The highest BCUT2D eigenvalue weighted by atomic mass is 35.7. The Morgan fingerprint density at radius 3 is 2.33 bits per heavy atom. The summed E-state index contributed by atoms with van der Waals surface area (Å²) in [4.78, 5) is 9.47. The molecule has 0 aliphatic carbocycles. The zero-order chi connectivity index (χ0) is 11.8. The number of hydrogen-bond donors (Lipinski definition) is 1. The average molecular weight is 273 g/mol. The van der Waals surface area contributed by atoms with Crippen LogP contribution < -0.4 is 0 Å². The van der Waals surface area contributed by atoms with Gasteiger partial charge in [-0.25, -0.2) is 17.6 Å². The minimum absolute atomic E-state index is 0.465. The lowest BCUT2D eigenvalue weighted by atomic mass is 10.2. The molecule has 1 N–H and O–H groups in total. The second-order valence-electron chi connectivity index (χ2n) is 2.48. The summed E-state index contributed by atoms with van der Waals surface area (Å²) in [6.45, 7) is 0. The number of halogens is 3. The first-order valence-corrected chi connectivity index (χ1v) is 6.10. The zero-order valence-electron chi connectivity index (χ0n) is 6.87. The molecule has 0 aliphatic rings. The van der Waals surface area contributed by atoms with Crippen LogP contribution in [0.15, 0.2) is 17.0 Å². The fourth-order valence-corrected chi connectivity index (χ4v) is 2.57. The van der Waals surface area contributed by atoms with Gasteiger partial charge in [0.2, 0.25) is 0 Å². The van der Waals surface area contributed by atoms with E-state index in [9.17, 15) is 17.6 Å². The molecule has 0 saturated heterocycles. The van der Waals surface area contributed by atoms with Gasteiger partial charge in [-0.05, 0) is 12.1 Å². The van der Waals surface area contributed by atoms with Gasteiger partial charge in [0.15, 0.2) is 5.82 Å². The van der Waals surface area contributed by atoms with Gasteiger partial charge in [0.1, 0.15) is 4.90 Å². The molecule has 0 atom stereocenters. The molecule has 0 fully saturated rings. The Labute approximate surface area is 93.7 Å². The molecule has 4 nitrogen and oxygen atoms in total. The largest absolute Gasteiger partial charge is 0.478 e. The molecular weight excluding hydrogens is 270 g/mol. The number of benzene rings is 1. The van der Waals surface area contributed by atoms with Crippen LogP contribution in [0.3, 0.4) is 0 Å². The fraction of sp³-hybridized carbons (Fsp3) is 0. The summed E-state index contributed by atoms with van der Waals surface area (Å²) >= 11 is 5.39. The molecule has 0 amide bonds. The zero-order valence-corrected chi connectivity index (χ0v) is 9.20. The lowest BCUT2D eigenvalue weighted by Crippen LogP contribution is -2.06. The first kappa shape index (κ1) is 12.2. The number of carboxylic acid groups (broad SMARTS) is 1. The maximum Gasteiger partial charge on any atom is 0.338 e. The van der Waals surface area contributed by atoms with E-state index in [1.807, 2.05) is 0 Å². The molecule has 0 heterocycles. The van der Waals surface area contributed by atoms with Gasteiger partial charge < -0.3 is 5.11 Å². The molecule has 1 rings (SSSR count). The fourth-order valence-electron chi connectivity index (χ4n) is 0.921. The van der Waals surface area contributed by atoms with Gasteiger partial charge in [0.05, 0.1) is 10.6 Å². The number of aromatic carboxylic acids is 1. The van der Waals surface area contributed by atoms with E-state index in [0.717, 1.165) is 12.1 Å². The number of carbonyl (C=O) groups is 1. The lowest BCUT2D eigenvalue weighted by molar-refractivity contribution is 0.0691. The molecule has 82 valence electrons. The standard InChI is InChI=1S/C7H3Cl2FO4S/c8-4-2-1-3(7(11)12)5(10)6(4)15(9,13)14/h1-2H,(H,11,12). The third-order valence-electron chi connectivity index (χ3n) is 1.52. The molecule has 0 radical (unpaired) electrons. The Hall–Kier alpha value is -0.850. The molecule has 1 aromatic carbocycles. The van der Waals surface area contributed by atoms with Crippen molar-refractivity contribution in [3.05, 3.63) is 28.5 Å². The Kier molecular flexibility index (Phi) is 3.22. The van der Waals surface area contributed by atoms with Gasteiger partial charge in [0.25, 0.3) is 9.05 Å². The van der Waals surface area contributed by atoms with Crippen molar-refractivity contribution in [2.24, 2.45) is 0 Å². The van der Waals surface area contributed by atoms with Crippen LogP contribution in [-0.2, 0) is 9.05 Å². The average Bonchev–Trinajstić information content (AvgIpc) is 2.00. The Morgan fingerprint density at radius 1 is 1.40 bits per heavy atom. The van der Waals surface area contributed by atoms with Crippen LogP contribution in [0.5, 0.6) is 0 Å². The van der Waals surface area contributed by atoms with E-state index in [1.165, 1.54) is 0 Å². The molecule has 0 unspecified atom stereocenters. The van der Waals surface area contributed by atoms with Gasteiger partial charge in [0, 0.05) is 10.7 Å². The van der Waals surface area contributed by atoms with E-state index < -0.39 is 36.3 Å². The molecule has 0 spiro atoms. The number of carboxylic acids is 1. The van der Waals surface area contributed by atoms with Crippen molar-refractivity contribution in [3.8, 4) is 0 Å². The summed E-state index contributed by atoms with van der Waals surface area (Å²) in [7, 11) is 0.482. The lowest BCUT2D eigenvalue weighted by Gasteiger charge is -2.04. The van der Waals surface area contributed by atoms with Crippen molar-refractivity contribution < 1.29 is 22.7 Å². The van der Waals surface area contributed by atoms with Gasteiger partial charge in [-0.3, -0.25) is 0 Å². The summed E-state index contributed by atoms with van der Waals surface area (Å²) in [5, 5.41) is 8.06. The van der Waals surface area contributed by atoms with E-state index in [-0.39, 0.29) is 0 Å². The van der Waals surface area contributed by atoms with E-state index >= 15 is 0 Å². The summed E-state index contributed by atoms with van der Waals surface area (Å²) in [5.74, 6) is -3.07. The number of hydrogen-bond acceptors (Lipinski definition) is 3. The van der Waals surface area contributed by atoms with E-state index in [4.69, 9.17) is 27.4 Å². The maximum absolute atomic E-state index is 13.4. The molecule has 0 bridgehead atoms. The highest BCUT2D eigenvalue weighted by Gasteiger charge is 2.25. The highest BCUT2D eigenvalue weighted by Crippen LogP contribution is 2.29. The Morgan fingerprint density at radius 2 is 1.93 bits per heavy atom. The first-order chi connectivity index (χ1) is 6.75. The second kappa shape index (κ2) is 3.96. The Balaban J connectivity index is 3.66. The van der Waals surface area contributed by atoms with Crippen molar-refractivity contribution in [1.82, 2.24) is 0 Å². The molecule has 8 heteroatoms. The van der Waals surface area contributed by atoms with Crippen LogP contribution in [0, 0.1) is 5.82 Å². The monoisotopic (exact) mass is 272 g/mol. The van der Waals surface area contributed by atoms with Crippen LogP contribution in [-0.4, -0.2) is 19.5 Å². The minimum atomic E-state index is -4.42. The topological polar surface area (TPSA) is 71.4 Å². The van der Waals surface area contributed by atoms with Gasteiger partial charge >= 0.3 is 5.97 Å². The third-order valence-corrected chi connectivity index (χ3v) is 3.30. The maximum atomic E-state index is 13.4. The molecular formula is C7H3Cl2FO4S. The van der Waals surface area contributed by atoms with E-state index in [0.29, 0.717) is 0 Å². The van der Waals surface area contributed by atoms with Crippen molar-refractivity contribution in [2.45, 2.75) is 4.90 Å². The quantitative estimate of drug-likeness (QED) is 0.837. The van der Waals surface area contributed by atoms with Crippen LogP contribution in [0.2, 0.25) is 5.02 Å². The van der Waals surface area contributed by atoms with Crippen molar-refractivity contribution in [2.75, 3.05) is 0 Å². The highest BCUT2D eigenvalue weighted by molar-refractivity contribution is 8.13. The molecule has 0 saturated carbocycles. The van der Waals surface area contributed by atoms with Gasteiger partial charge in [-0.1, -0.05) is 11.6 Å². The molecule has 15 heavy (non-hydrogen) atoms. The van der Waals surface area contributed by atoms with E-state index in [1.54, 1.807) is 0 Å². The summed E-state index contributed by atoms with van der Waals surface area (Å²) in [5.41, 5.74) is -0.807. The van der Waals surface area contributed by atoms with Crippen molar-refractivity contribution in [3.63, 3.8) is 0 Å². The summed E-state index contributed by atoms with van der Waals surface area (Å²) < 4.78 is 35.1. The normalized spacial score (nSPS) is 11.4. The minimum Gasteiger partial charge on any atom is -0.478 e. The van der Waals surface area contributed by atoms with Crippen LogP contribution in [0.1, 0.15) is 10.4 Å². The van der Waals surface area contributed by atoms with Crippen molar-refractivity contribution in [1.29, 1.82) is 0 Å².